The molecular weight excluding hydrogens is 468 g/mol. The van der Waals surface area contributed by atoms with Crippen molar-refractivity contribution in [3.05, 3.63) is 60.6 Å². The minimum atomic E-state index is -0.825. The molecule has 0 spiro atoms. The van der Waals surface area contributed by atoms with Crippen LogP contribution in [0.4, 0.5) is 26.1 Å². The van der Waals surface area contributed by atoms with Gasteiger partial charge in [0.15, 0.2) is 0 Å². The largest absolute Gasteiger partial charge is 0.491 e. The molecule has 1 aromatic carbocycles. The van der Waals surface area contributed by atoms with E-state index in [9.17, 15) is 8.78 Å². The van der Waals surface area contributed by atoms with Crippen LogP contribution in [0, 0.1) is 17.6 Å². The number of benzene rings is 1. The summed E-state index contributed by atoms with van der Waals surface area (Å²) >= 11 is 0. The van der Waals surface area contributed by atoms with Crippen molar-refractivity contribution >= 4 is 22.8 Å². The summed E-state index contributed by atoms with van der Waals surface area (Å²) in [4.78, 5) is 10.9. The van der Waals surface area contributed by atoms with Crippen molar-refractivity contribution in [3.8, 4) is 17.0 Å². The molecule has 11 heteroatoms. The van der Waals surface area contributed by atoms with E-state index < -0.39 is 11.6 Å². The molecule has 1 aliphatic rings. The average molecular weight is 496 g/mol. The highest BCUT2D eigenvalue weighted by Crippen LogP contribution is 2.32. The number of aliphatic hydroxyl groups excluding tert-OH is 1. The molecule has 1 fully saturated rings. The van der Waals surface area contributed by atoms with Gasteiger partial charge in [-0.05, 0) is 30.5 Å². The Morgan fingerprint density at radius 3 is 2.72 bits per heavy atom. The van der Waals surface area contributed by atoms with Crippen LogP contribution in [0.1, 0.15) is 13.3 Å². The monoisotopic (exact) mass is 495 g/mol. The molecule has 0 saturated carbocycles. The van der Waals surface area contributed by atoms with Gasteiger partial charge in [0.25, 0.3) is 0 Å². The first-order valence-corrected chi connectivity index (χ1v) is 11.7. The summed E-state index contributed by atoms with van der Waals surface area (Å²) in [5.74, 6) is -0.829. The van der Waals surface area contributed by atoms with Gasteiger partial charge in [-0.15, -0.1) is 0 Å². The van der Waals surface area contributed by atoms with Crippen molar-refractivity contribution in [2.24, 2.45) is 11.7 Å². The van der Waals surface area contributed by atoms with Crippen LogP contribution >= 0.6 is 0 Å². The predicted octanol–water partition coefficient (Wildman–Crippen LogP) is 3.36. The molecule has 4 heterocycles. The number of nitrogens with two attached hydrogens (primary N) is 1. The normalized spacial score (nSPS) is 18.0. The quantitative estimate of drug-likeness (QED) is 0.358. The predicted molar refractivity (Wildman–Crippen MR) is 132 cm³/mol. The summed E-state index contributed by atoms with van der Waals surface area (Å²) in [7, 11) is 0. The summed E-state index contributed by atoms with van der Waals surface area (Å²) in [6.45, 7) is 3.45. The first-order chi connectivity index (χ1) is 17.4. The van der Waals surface area contributed by atoms with Gasteiger partial charge in [0.1, 0.15) is 24.0 Å². The average Bonchev–Trinajstić information content (AvgIpc) is 3.24. The van der Waals surface area contributed by atoms with Crippen molar-refractivity contribution in [3.63, 3.8) is 0 Å². The molecule has 2 atom stereocenters. The second-order valence-electron chi connectivity index (χ2n) is 8.99. The lowest BCUT2D eigenvalue weighted by molar-refractivity contribution is 0.200. The summed E-state index contributed by atoms with van der Waals surface area (Å²) in [6, 6.07) is 7.36. The summed E-state index contributed by atoms with van der Waals surface area (Å²) in [6.07, 6.45) is 6.02. The molecule has 2 unspecified atom stereocenters. The van der Waals surface area contributed by atoms with E-state index in [-0.39, 0.29) is 36.3 Å². The number of aliphatic hydroxyl groups is 1. The fourth-order valence-corrected chi connectivity index (χ4v) is 4.62. The molecule has 188 valence electrons. The van der Waals surface area contributed by atoms with Gasteiger partial charge in [-0.25, -0.2) is 13.8 Å². The SMILES string of the molecule is CC1CC(N)CN(c2ccncc2Nc2ncc3ccc(-c4c(F)cc(OCCO)cc4F)nn23)C1. The fraction of sp³-hybridized carbons (Fsp3) is 0.320. The standard InChI is InChI=1S/C25H27F2N7O2/c1-15-8-16(28)14-33(13-15)23-4-5-29-12-22(23)31-25-30-11-17-2-3-21(32-34(17)25)24-19(26)9-18(10-20(24)27)36-7-6-35/h2-5,9-12,15-16,35H,6-8,13-14,28H2,1H3,(H,30,31). The van der Waals surface area contributed by atoms with E-state index in [1.165, 1.54) is 10.6 Å². The van der Waals surface area contributed by atoms with E-state index in [1.54, 1.807) is 24.7 Å². The van der Waals surface area contributed by atoms with Crippen LogP contribution < -0.4 is 20.7 Å². The summed E-state index contributed by atoms with van der Waals surface area (Å²) in [5, 5.41) is 16.6. The number of pyridine rings is 1. The Kier molecular flexibility index (Phi) is 6.66. The van der Waals surface area contributed by atoms with E-state index in [4.69, 9.17) is 15.6 Å². The lowest BCUT2D eigenvalue weighted by Crippen LogP contribution is -2.46. The molecule has 1 aliphatic heterocycles. The molecule has 9 nitrogen and oxygen atoms in total. The number of imidazole rings is 1. The van der Waals surface area contributed by atoms with Crippen LogP contribution in [0.3, 0.4) is 0 Å². The van der Waals surface area contributed by atoms with Gasteiger partial charge >= 0.3 is 0 Å². The van der Waals surface area contributed by atoms with Gasteiger partial charge in [0.05, 0.1) is 47.1 Å². The Morgan fingerprint density at radius 2 is 1.97 bits per heavy atom. The third-order valence-corrected chi connectivity index (χ3v) is 6.09. The maximum Gasteiger partial charge on any atom is 0.229 e. The zero-order valence-corrected chi connectivity index (χ0v) is 19.7. The molecule has 0 aliphatic carbocycles. The molecule has 4 N–H and O–H groups in total. The van der Waals surface area contributed by atoms with Crippen LogP contribution in [0.25, 0.3) is 16.8 Å². The Bertz CT molecular complexity index is 1350. The number of aromatic nitrogens is 4. The first kappa shape index (κ1) is 23.9. The van der Waals surface area contributed by atoms with Gasteiger partial charge in [-0.2, -0.15) is 9.61 Å². The smallest absolute Gasteiger partial charge is 0.229 e. The van der Waals surface area contributed by atoms with E-state index >= 15 is 0 Å². The van der Waals surface area contributed by atoms with Crippen molar-refractivity contribution < 1.29 is 18.6 Å². The van der Waals surface area contributed by atoms with E-state index in [1.807, 2.05) is 6.07 Å². The van der Waals surface area contributed by atoms with Gasteiger partial charge in [0.2, 0.25) is 5.95 Å². The molecule has 0 radical (unpaired) electrons. The maximum atomic E-state index is 14.8. The number of nitrogens with one attached hydrogen (secondary N) is 1. The Morgan fingerprint density at radius 1 is 1.17 bits per heavy atom. The van der Waals surface area contributed by atoms with Crippen LogP contribution in [0.15, 0.2) is 48.9 Å². The van der Waals surface area contributed by atoms with E-state index in [0.29, 0.717) is 17.4 Å². The highest BCUT2D eigenvalue weighted by atomic mass is 19.1. The number of halogens is 2. The molecule has 3 aromatic heterocycles. The molecule has 4 aromatic rings. The number of piperidine rings is 1. The Hall–Kier alpha value is -3.83. The number of hydrogen-bond donors (Lipinski definition) is 3. The lowest BCUT2D eigenvalue weighted by atomic mass is 9.96. The van der Waals surface area contributed by atoms with Gasteiger partial charge in [-0.1, -0.05) is 6.92 Å². The first-order valence-electron chi connectivity index (χ1n) is 11.7. The Balaban J connectivity index is 1.48. The zero-order chi connectivity index (χ0) is 25.2. The number of ether oxygens (including phenoxy) is 1. The minimum absolute atomic E-state index is 0.00952. The van der Waals surface area contributed by atoms with Crippen LogP contribution in [0.2, 0.25) is 0 Å². The van der Waals surface area contributed by atoms with Crippen molar-refractivity contribution in [2.75, 3.05) is 36.5 Å². The topological polar surface area (TPSA) is 114 Å². The molecule has 1 saturated heterocycles. The molecule has 0 amide bonds. The molecule has 36 heavy (non-hydrogen) atoms. The third kappa shape index (κ3) is 4.79. The maximum absolute atomic E-state index is 14.8. The lowest BCUT2D eigenvalue weighted by Gasteiger charge is -2.37. The number of rotatable bonds is 7. The summed E-state index contributed by atoms with van der Waals surface area (Å²) in [5.41, 5.74) is 8.37. The molecule has 5 rings (SSSR count). The Labute approximate surface area is 206 Å². The van der Waals surface area contributed by atoms with Crippen molar-refractivity contribution in [1.82, 2.24) is 19.6 Å². The van der Waals surface area contributed by atoms with Gasteiger partial charge < -0.3 is 25.8 Å². The summed E-state index contributed by atoms with van der Waals surface area (Å²) < 4.78 is 36.3. The highest BCUT2D eigenvalue weighted by Gasteiger charge is 2.24. The minimum Gasteiger partial charge on any atom is -0.491 e. The van der Waals surface area contributed by atoms with Crippen LogP contribution in [-0.4, -0.2) is 57.0 Å². The third-order valence-electron chi connectivity index (χ3n) is 6.09. The number of fused-ring (bicyclic) bond motifs is 1. The second kappa shape index (κ2) is 10.0. The van der Waals surface area contributed by atoms with Gasteiger partial charge in [-0.3, -0.25) is 4.98 Å². The highest BCUT2D eigenvalue weighted by molar-refractivity contribution is 5.74. The molecular formula is C25H27F2N7O2. The van der Waals surface area contributed by atoms with Crippen molar-refractivity contribution in [1.29, 1.82) is 0 Å². The van der Waals surface area contributed by atoms with Crippen LogP contribution in [-0.2, 0) is 0 Å². The van der Waals surface area contributed by atoms with Crippen LogP contribution in [0.5, 0.6) is 5.75 Å². The van der Waals surface area contributed by atoms with Gasteiger partial charge in [0, 0.05) is 37.5 Å². The van der Waals surface area contributed by atoms with E-state index in [2.05, 4.69) is 32.2 Å². The van der Waals surface area contributed by atoms with Crippen molar-refractivity contribution in [2.45, 2.75) is 19.4 Å². The fourth-order valence-electron chi connectivity index (χ4n) is 4.62. The second-order valence-corrected chi connectivity index (χ2v) is 8.99. The zero-order valence-electron chi connectivity index (χ0n) is 19.7. The number of hydrogen-bond acceptors (Lipinski definition) is 8. The number of anilines is 3. The van der Waals surface area contributed by atoms with E-state index in [0.717, 1.165) is 43.0 Å². The number of nitrogens with zero attached hydrogens (tertiary/aromatic N) is 5. The molecule has 0 bridgehead atoms.